The number of carbonyl (C=O) groups is 2. The van der Waals surface area contributed by atoms with E-state index in [1.807, 2.05) is 57.2 Å². The second kappa shape index (κ2) is 10.8. The molecule has 0 aliphatic carbocycles. The third-order valence-corrected chi connectivity index (χ3v) is 4.80. The van der Waals surface area contributed by atoms with Crippen LogP contribution in [0.3, 0.4) is 0 Å². The van der Waals surface area contributed by atoms with Gasteiger partial charge in [-0.3, -0.25) is 14.5 Å². The van der Waals surface area contributed by atoms with Crippen LogP contribution < -0.4 is 14.8 Å². The Hall–Kier alpha value is -3.32. The van der Waals surface area contributed by atoms with E-state index in [0.29, 0.717) is 23.4 Å². The van der Waals surface area contributed by atoms with Crippen molar-refractivity contribution < 1.29 is 23.8 Å². The van der Waals surface area contributed by atoms with Gasteiger partial charge in [-0.1, -0.05) is 19.1 Å². The first-order valence-corrected chi connectivity index (χ1v) is 10.8. The molecule has 2 aromatic carbocycles. The number of amides is 2. The Balaban J connectivity index is 1.91. The van der Waals surface area contributed by atoms with Crippen LogP contribution in [0, 0.1) is 0 Å². The first kappa shape index (κ1) is 23.3. The summed E-state index contributed by atoms with van der Waals surface area (Å²) < 4.78 is 16.4. The number of hydrogen-bond donors (Lipinski definition) is 1. The fourth-order valence-corrected chi connectivity index (χ4v) is 3.32. The van der Waals surface area contributed by atoms with E-state index in [-0.39, 0.29) is 36.8 Å². The van der Waals surface area contributed by atoms with Gasteiger partial charge in [0, 0.05) is 12.8 Å². The number of carbonyl (C=O) groups excluding carboxylic acids is 2. The predicted molar refractivity (Wildman–Crippen MR) is 124 cm³/mol. The second-order valence-electron chi connectivity index (χ2n) is 7.69. The number of nitrogens with one attached hydrogen (secondary N) is 1. The molecule has 0 unspecified atom stereocenters. The molecule has 3 rings (SSSR count). The summed E-state index contributed by atoms with van der Waals surface area (Å²) in [6.45, 7) is 7.02. The number of benzene rings is 2. The molecule has 1 aliphatic rings. The van der Waals surface area contributed by atoms with Crippen molar-refractivity contribution in [2.45, 2.75) is 33.3 Å². The number of methoxy groups -OCH3 is 1. The van der Waals surface area contributed by atoms with Crippen molar-refractivity contribution >= 4 is 23.1 Å². The Bertz CT molecular complexity index is 965. The maximum absolute atomic E-state index is 13.2. The fourth-order valence-electron chi connectivity index (χ4n) is 3.32. The molecule has 0 saturated heterocycles. The summed E-state index contributed by atoms with van der Waals surface area (Å²) in [5, 5.41) is 3.15. The van der Waals surface area contributed by atoms with Crippen molar-refractivity contribution in [1.29, 1.82) is 0 Å². The molecule has 1 aliphatic heterocycles. The number of hydrogen-bond acceptors (Lipinski definition) is 6. The smallest absolute Gasteiger partial charge is 0.278 e. The van der Waals surface area contributed by atoms with E-state index in [1.165, 1.54) is 12.0 Å². The highest BCUT2D eigenvalue weighted by atomic mass is 16.5. The van der Waals surface area contributed by atoms with Crippen LogP contribution in [0.1, 0.15) is 32.8 Å². The van der Waals surface area contributed by atoms with Gasteiger partial charge in [-0.2, -0.15) is 0 Å². The molecule has 1 N–H and O–H groups in total. The standard InChI is InChI=1S/C25H30N2O5/c1-5-15-31-20-10-6-18(7-11-20)22-23(25(29)27(24(22)28)14-16-30-4)26-19-8-12-21(13-9-19)32-17(2)3/h6-13,17,26H,5,14-16H2,1-4H3. The topological polar surface area (TPSA) is 77.1 Å². The van der Waals surface area contributed by atoms with Crippen LogP contribution in [0.5, 0.6) is 11.5 Å². The molecule has 0 bridgehead atoms. The largest absolute Gasteiger partial charge is 0.494 e. The highest BCUT2D eigenvalue weighted by molar-refractivity contribution is 6.36. The number of imide groups is 1. The molecule has 2 aromatic rings. The quantitative estimate of drug-likeness (QED) is 0.532. The van der Waals surface area contributed by atoms with Gasteiger partial charge < -0.3 is 19.5 Å². The summed E-state index contributed by atoms with van der Waals surface area (Å²) in [4.78, 5) is 27.5. The van der Waals surface area contributed by atoms with Gasteiger partial charge in [-0.25, -0.2) is 0 Å². The predicted octanol–water partition coefficient (Wildman–Crippen LogP) is 4.10. The van der Waals surface area contributed by atoms with E-state index >= 15 is 0 Å². The van der Waals surface area contributed by atoms with Crippen LogP contribution in [0.2, 0.25) is 0 Å². The number of anilines is 1. The van der Waals surface area contributed by atoms with E-state index in [9.17, 15) is 9.59 Å². The lowest BCUT2D eigenvalue weighted by molar-refractivity contribution is -0.137. The molecular weight excluding hydrogens is 408 g/mol. The molecule has 0 aromatic heterocycles. The summed E-state index contributed by atoms with van der Waals surface area (Å²) in [7, 11) is 1.54. The normalized spacial score (nSPS) is 13.8. The third kappa shape index (κ3) is 5.48. The third-order valence-electron chi connectivity index (χ3n) is 4.80. The SMILES string of the molecule is CCCOc1ccc(C2=C(Nc3ccc(OC(C)C)cc3)C(=O)N(CCOC)C2=O)cc1. The van der Waals surface area contributed by atoms with Gasteiger partial charge in [0.2, 0.25) is 0 Å². The van der Waals surface area contributed by atoms with Gasteiger partial charge in [-0.15, -0.1) is 0 Å². The van der Waals surface area contributed by atoms with Crippen molar-refractivity contribution in [3.63, 3.8) is 0 Å². The van der Waals surface area contributed by atoms with Crippen LogP contribution >= 0.6 is 0 Å². The monoisotopic (exact) mass is 438 g/mol. The fraction of sp³-hybridized carbons (Fsp3) is 0.360. The van der Waals surface area contributed by atoms with E-state index < -0.39 is 0 Å². The zero-order valence-corrected chi connectivity index (χ0v) is 19.0. The van der Waals surface area contributed by atoms with Gasteiger partial charge in [0.15, 0.2) is 0 Å². The first-order valence-electron chi connectivity index (χ1n) is 10.8. The molecule has 0 atom stereocenters. The minimum absolute atomic E-state index is 0.0655. The number of ether oxygens (including phenoxy) is 3. The lowest BCUT2D eigenvalue weighted by Gasteiger charge is -2.14. The van der Waals surface area contributed by atoms with Gasteiger partial charge in [0.25, 0.3) is 11.8 Å². The Morgan fingerprint density at radius 2 is 1.56 bits per heavy atom. The molecule has 0 fully saturated rings. The van der Waals surface area contributed by atoms with Crippen molar-refractivity contribution in [3.8, 4) is 11.5 Å². The Morgan fingerprint density at radius 1 is 0.906 bits per heavy atom. The summed E-state index contributed by atoms with van der Waals surface area (Å²) in [5.41, 5.74) is 1.90. The Labute approximate surface area is 189 Å². The zero-order valence-electron chi connectivity index (χ0n) is 19.0. The summed E-state index contributed by atoms with van der Waals surface area (Å²) in [6.07, 6.45) is 0.972. The summed E-state index contributed by atoms with van der Waals surface area (Å²) in [6, 6.07) is 14.5. The van der Waals surface area contributed by atoms with Gasteiger partial charge in [0.1, 0.15) is 17.2 Å². The molecule has 7 nitrogen and oxygen atoms in total. The molecule has 0 radical (unpaired) electrons. The van der Waals surface area contributed by atoms with Crippen LogP contribution in [0.25, 0.3) is 5.57 Å². The Morgan fingerprint density at radius 3 is 2.16 bits per heavy atom. The van der Waals surface area contributed by atoms with Crippen molar-refractivity contribution in [1.82, 2.24) is 4.90 Å². The molecular formula is C25H30N2O5. The molecule has 170 valence electrons. The summed E-state index contributed by atoms with van der Waals surface area (Å²) >= 11 is 0. The summed E-state index contributed by atoms with van der Waals surface area (Å²) in [5.74, 6) is 0.727. The molecule has 0 spiro atoms. The van der Waals surface area contributed by atoms with Gasteiger partial charge in [-0.05, 0) is 62.2 Å². The zero-order chi connectivity index (χ0) is 23.1. The first-order chi connectivity index (χ1) is 15.4. The van der Waals surface area contributed by atoms with Gasteiger partial charge >= 0.3 is 0 Å². The number of nitrogens with zero attached hydrogens (tertiary/aromatic N) is 1. The van der Waals surface area contributed by atoms with Crippen LogP contribution in [0.15, 0.2) is 54.2 Å². The Kier molecular flexibility index (Phi) is 7.89. The second-order valence-corrected chi connectivity index (χ2v) is 7.69. The molecule has 7 heteroatoms. The lowest BCUT2D eigenvalue weighted by atomic mass is 10.0. The van der Waals surface area contributed by atoms with Crippen molar-refractivity contribution in [2.75, 3.05) is 32.2 Å². The van der Waals surface area contributed by atoms with Gasteiger partial charge in [0.05, 0.1) is 31.4 Å². The van der Waals surface area contributed by atoms with Crippen molar-refractivity contribution in [2.24, 2.45) is 0 Å². The van der Waals surface area contributed by atoms with E-state index in [4.69, 9.17) is 14.2 Å². The van der Waals surface area contributed by atoms with Crippen molar-refractivity contribution in [3.05, 3.63) is 59.8 Å². The average molecular weight is 439 g/mol. The van der Waals surface area contributed by atoms with E-state index in [1.54, 1.807) is 12.1 Å². The highest BCUT2D eigenvalue weighted by Crippen LogP contribution is 2.31. The molecule has 0 saturated carbocycles. The minimum Gasteiger partial charge on any atom is -0.494 e. The van der Waals surface area contributed by atoms with Crippen LogP contribution in [-0.2, 0) is 14.3 Å². The maximum atomic E-state index is 13.2. The molecule has 1 heterocycles. The number of rotatable bonds is 11. The van der Waals surface area contributed by atoms with E-state index in [0.717, 1.165) is 17.9 Å². The maximum Gasteiger partial charge on any atom is 0.278 e. The molecule has 32 heavy (non-hydrogen) atoms. The highest BCUT2D eigenvalue weighted by Gasteiger charge is 2.39. The average Bonchev–Trinajstić information content (AvgIpc) is 3.01. The minimum atomic E-state index is -0.379. The van der Waals surface area contributed by atoms with Crippen LogP contribution in [0.4, 0.5) is 5.69 Å². The van der Waals surface area contributed by atoms with E-state index in [2.05, 4.69) is 5.32 Å². The van der Waals surface area contributed by atoms with Crippen LogP contribution in [-0.4, -0.2) is 49.7 Å². The molecule has 2 amide bonds. The lowest BCUT2D eigenvalue weighted by Crippen LogP contribution is -2.35.